The highest BCUT2D eigenvalue weighted by Gasteiger charge is 2.16. The standard InChI is InChI=1S/C15H15Cl2FN2/c1-9-4-3-5-11(20-9)8-19-10(2)14-12(16)6-7-13(18)15(14)17/h3-7,10,19H,8H2,1-2H3. The highest BCUT2D eigenvalue weighted by molar-refractivity contribution is 6.36. The zero-order valence-corrected chi connectivity index (χ0v) is 12.8. The van der Waals surface area contributed by atoms with Gasteiger partial charge in [0, 0.05) is 28.9 Å². The van der Waals surface area contributed by atoms with Gasteiger partial charge in [0.05, 0.1) is 10.7 Å². The van der Waals surface area contributed by atoms with Gasteiger partial charge in [0.15, 0.2) is 0 Å². The molecule has 20 heavy (non-hydrogen) atoms. The van der Waals surface area contributed by atoms with Crippen molar-refractivity contribution in [1.29, 1.82) is 0 Å². The Morgan fingerprint density at radius 3 is 2.70 bits per heavy atom. The summed E-state index contributed by atoms with van der Waals surface area (Å²) in [6.45, 7) is 4.39. The average molecular weight is 313 g/mol. The summed E-state index contributed by atoms with van der Waals surface area (Å²) in [5, 5.41) is 3.77. The van der Waals surface area contributed by atoms with Gasteiger partial charge in [-0.1, -0.05) is 29.3 Å². The summed E-state index contributed by atoms with van der Waals surface area (Å²) in [4.78, 5) is 4.40. The molecule has 2 aromatic rings. The van der Waals surface area contributed by atoms with E-state index in [1.807, 2.05) is 32.0 Å². The molecule has 1 N–H and O–H groups in total. The van der Waals surface area contributed by atoms with Gasteiger partial charge in [0.25, 0.3) is 0 Å². The van der Waals surface area contributed by atoms with Crippen LogP contribution in [0.1, 0.15) is 29.9 Å². The zero-order valence-electron chi connectivity index (χ0n) is 11.3. The predicted octanol–water partition coefficient (Wildman–Crippen LogP) is 4.69. The van der Waals surface area contributed by atoms with E-state index < -0.39 is 5.82 Å². The van der Waals surface area contributed by atoms with Gasteiger partial charge in [-0.2, -0.15) is 0 Å². The molecule has 0 bridgehead atoms. The van der Waals surface area contributed by atoms with Crippen molar-refractivity contribution in [3.05, 3.63) is 63.1 Å². The molecule has 0 radical (unpaired) electrons. The van der Waals surface area contributed by atoms with Gasteiger partial charge in [0.1, 0.15) is 5.82 Å². The summed E-state index contributed by atoms with van der Waals surface area (Å²) in [7, 11) is 0. The van der Waals surface area contributed by atoms with Gasteiger partial charge in [-0.15, -0.1) is 0 Å². The van der Waals surface area contributed by atoms with E-state index in [0.717, 1.165) is 11.4 Å². The summed E-state index contributed by atoms with van der Waals surface area (Å²) >= 11 is 12.1. The third-order valence-electron chi connectivity index (χ3n) is 3.05. The molecule has 1 aromatic carbocycles. The Hall–Kier alpha value is -1.16. The SMILES string of the molecule is Cc1cccc(CNC(C)c2c(Cl)ccc(F)c2Cl)n1. The van der Waals surface area contributed by atoms with Crippen molar-refractivity contribution < 1.29 is 4.39 Å². The molecule has 1 heterocycles. The normalized spacial score (nSPS) is 12.4. The number of aromatic nitrogens is 1. The van der Waals surface area contributed by atoms with E-state index >= 15 is 0 Å². The van der Waals surface area contributed by atoms with Crippen molar-refractivity contribution in [2.45, 2.75) is 26.4 Å². The third-order valence-corrected chi connectivity index (χ3v) is 3.76. The molecule has 2 rings (SSSR count). The molecular weight excluding hydrogens is 298 g/mol. The number of hydrogen-bond acceptors (Lipinski definition) is 2. The first kappa shape index (κ1) is 15.2. The second kappa shape index (κ2) is 6.53. The van der Waals surface area contributed by atoms with Crippen LogP contribution in [0.25, 0.3) is 0 Å². The maximum atomic E-state index is 13.5. The molecule has 0 amide bonds. The van der Waals surface area contributed by atoms with E-state index in [0.29, 0.717) is 17.1 Å². The lowest BCUT2D eigenvalue weighted by Crippen LogP contribution is -2.19. The maximum absolute atomic E-state index is 13.5. The van der Waals surface area contributed by atoms with Crippen molar-refractivity contribution in [2.75, 3.05) is 0 Å². The molecule has 1 unspecified atom stereocenters. The molecule has 0 spiro atoms. The number of pyridine rings is 1. The lowest BCUT2D eigenvalue weighted by atomic mass is 10.1. The summed E-state index contributed by atoms with van der Waals surface area (Å²) in [5.41, 5.74) is 2.44. The van der Waals surface area contributed by atoms with Gasteiger partial charge in [-0.25, -0.2) is 4.39 Å². The Morgan fingerprint density at radius 2 is 2.00 bits per heavy atom. The number of nitrogens with zero attached hydrogens (tertiary/aromatic N) is 1. The molecule has 0 saturated heterocycles. The Labute approximate surface area is 127 Å². The second-order valence-electron chi connectivity index (χ2n) is 4.63. The van der Waals surface area contributed by atoms with E-state index in [9.17, 15) is 4.39 Å². The van der Waals surface area contributed by atoms with E-state index in [4.69, 9.17) is 23.2 Å². The smallest absolute Gasteiger partial charge is 0.142 e. The Morgan fingerprint density at radius 1 is 1.25 bits per heavy atom. The minimum absolute atomic E-state index is 0.0645. The molecule has 2 nitrogen and oxygen atoms in total. The fourth-order valence-corrected chi connectivity index (χ4v) is 2.70. The third kappa shape index (κ3) is 3.48. The van der Waals surface area contributed by atoms with Gasteiger partial charge >= 0.3 is 0 Å². The van der Waals surface area contributed by atoms with Crippen LogP contribution in [0, 0.1) is 12.7 Å². The summed E-state index contributed by atoms with van der Waals surface area (Å²) in [6.07, 6.45) is 0. The molecule has 0 aliphatic heterocycles. The maximum Gasteiger partial charge on any atom is 0.142 e. The molecule has 5 heteroatoms. The van der Waals surface area contributed by atoms with Crippen LogP contribution in [0.4, 0.5) is 4.39 Å². The first-order chi connectivity index (χ1) is 9.49. The Bertz CT molecular complexity index is 617. The molecule has 0 aliphatic rings. The number of halogens is 3. The van der Waals surface area contributed by atoms with Crippen LogP contribution in [0.3, 0.4) is 0 Å². The largest absolute Gasteiger partial charge is 0.304 e. The zero-order chi connectivity index (χ0) is 14.7. The molecule has 0 aliphatic carbocycles. The van der Waals surface area contributed by atoms with E-state index in [1.54, 1.807) is 0 Å². The average Bonchev–Trinajstić information content (AvgIpc) is 2.41. The molecule has 1 atom stereocenters. The molecule has 0 saturated carbocycles. The highest BCUT2D eigenvalue weighted by atomic mass is 35.5. The van der Waals surface area contributed by atoms with Crippen LogP contribution in [0.5, 0.6) is 0 Å². The highest BCUT2D eigenvalue weighted by Crippen LogP contribution is 2.32. The Kier molecular flexibility index (Phi) is 4.97. The molecule has 106 valence electrons. The summed E-state index contributed by atoms with van der Waals surface area (Å²) < 4.78 is 13.5. The van der Waals surface area contributed by atoms with Crippen molar-refractivity contribution in [1.82, 2.24) is 10.3 Å². The number of nitrogens with one attached hydrogen (secondary N) is 1. The minimum Gasteiger partial charge on any atom is -0.304 e. The van der Waals surface area contributed by atoms with E-state index in [-0.39, 0.29) is 11.1 Å². The number of hydrogen-bond donors (Lipinski definition) is 1. The minimum atomic E-state index is -0.464. The topological polar surface area (TPSA) is 24.9 Å². The summed E-state index contributed by atoms with van der Waals surface area (Å²) in [5.74, 6) is -0.464. The van der Waals surface area contributed by atoms with Crippen molar-refractivity contribution in [2.24, 2.45) is 0 Å². The first-order valence-electron chi connectivity index (χ1n) is 6.28. The number of benzene rings is 1. The van der Waals surface area contributed by atoms with Crippen LogP contribution in [0.15, 0.2) is 30.3 Å². The lowest BCUT2D eigenvalue weighted by Gasteiger charge is -2.17. The fraction of sp³-hybridized carbons (Fsp3) is 0.267. The number of aryl methyl sites for hydroxylation is 1. The predicted molar refractivity (Wildman–Crippen MR) is 80.6 cm³/mol. The van der Waals surface area contributed by atoms with Gasteiger partial charge in [-0.3, -0.25) is 4.98 Å². The van der Waals surface area contributed by atoms with Crippen LogP contribution in [0.2, 0.25) is 10.0 Å². The van der Waals surface area contributed by atoms with Gasteiger partial charge in [0.2, 0.25) is 0 Å². The molecule has 1 aromatic heterocycles. The van der Waals surface area contributed by atoms with Crippen molar-refractivity contribution in [3.63, 3.8) is 0 Å². The van der Waals surface area contributed by atoms with E-state index in [2.05, 4.69) is 10.3 Å². The van der Waals surface area contributed by atoms with Crippen molar-refractivity contribution in [3.8, 4) is 0 Å². The van der Waals surface area contributed by atoms with Gasteiger partial charge < -0.3 is 5.32 Å². The Balaban J connectivity index is 2.13. The van der Waals surface area contributed by atoms with Crippen LogP contribution < -0.4 is 5.32 Å². The monoisotopic (exact) mass is 312 g/mol. The molecule has 0 fully saturated rings. The lowest BCUT2D eigenvalue weighted by molar-refractivity contribution is 0.559. The van der Waals surface area contributed by atoms with Crippen LogP contribution in [-0.2, 0) is 6.54 Å². The molecular formula is C15H15Cl2FN2. The van der Waals surface area contributed by atoms with Crippen molar-refractivity contribution >= 4 is 23.2 Å². The first-order valence-corrected chi connectivity index (χ1v) is 7.04. The summed E-state index contributed by atoms with van der Waals surface area (Å²) in [6, 6.07) is 8.43. The fourth-order valence-electron chi connectivity index (χ4n) is 2.00. The van der Waals surface area contributed by atoms with Gasteiger partial charge in [-0.05, 0) is 38.1 Å². The van der Waals surface area contributed by atoms with Crippen LogP contribution >= 0.6 is 23.2 Å². The number of rotatable bonds is 4. The van der Waals surface area contributed by atoms with E-state index in [1.165, 1.54) is 12.1 Å². The van der Waals surface area contributed by atoms with Crippen LogP contribution in [-0.4, -0.2) is 4.98 Å². The quantitative estimate of drug-likeness (QED) is 0.829. The second-order valence-corrected chi connectivity index (χ2v) is 5.41.